The maximum Gasteiger partial charge on any atom is 0.269 e. The highest BCUT2D eigenvalue weighted by Gasteiger charge is 2.25. The van der Waals surface area contributed by atoms with Gasteiger partial charge in [-0.15, -0.1) is 0 Å². The lowest BCUT2D eigenvalue weighted by Gasteiger charge is -2.30. The van der Waals surface area contributed by atoms with E-state index >= 15 is 0 Å². The largest absolute Gasteiger partial charge is 0.399 e. The molecule has 0 saturated carbocycles. The SMILES string of the molecule is Nc1ccnc(C(=O)NCC2Cc3ccccc32)c1. The molecule has 0 fully saturated rings. The molecule has 1 aromatic heterocycles. The van der Waals surface area contributed by atoms with Gasteiger partial charge in [0, 0.05) is 24.3 Å². The van der Waals surface area contributed by atoms with Crippen LogP contribution in [0.5, 0.6) is 0 Å². The number of amides is 1. The highest BCUT2D eigenvalue weighted by molar-refractivity contribution is 5.93. The minimum absolute atomic E-state index is 0.170. The van der Waals surface area contributed by atoms with Crippen LogP contribution in [0, 0.1) is 0 Å². The predicted octanol–water partition coefficient (Wildman–Crippen LogP) is 1.73. The molecule has 1 aliphatic carbocycles. The zero-order valence-corrected chi connectivity index (χ0v) is 10.5. The van der Waals surface area contributed by atoms with Gasteiger partial charge >= 0.3 is 0 Å². The molecule has 0 radical (unpaired) electrons. The topological polar surface area (TPSA) is 68.0 Å². The zero-order valence-electron chi connectivity index (χ0n) is 10.5. The average molecular weight is 253 g/mol. The molecule has 2 aromatic rings. The number of pyridine rings is 1. The Labute approximate surface area is 111 Å². The van der Waals surface area contributed by atoms with E-state index in [1.54, 1.807) is 18.3 Å². The fraction of sp³-hybridized carbons (Fsp3) is 0.200. The van der Waals surface area contributed by atoms with Crippen LogP contribution >= 0.6 is 0 Å². The van der Waals surface area contributed by atoms with Crippen molar-refractivity contribution in [2.24, 2.45) is 0 Å². The van der Waals surface area contributed by atoms with Crippen LogP contribution in [-0.2, 0) is 6.42 Å². The Morgan fingerprint density at radius 2 is 2.21 bits per heavy atom. The van der Waals surface area contributed by atoms with Crippen LogP contribution in [0.3, 0.4) is 0 Å². The van der Waals surface area contributed by atoms with Crippen LogP contribution in [0.25, 0.3) is 0 Å². The fourth-order valence-electron chi connectivity index (χ4n) is 2.42. The molecule has 4 heteroatoms. The summed E-state index contributed by atoms with van der Waals surface area (Å²) in [4.78, 5) is 15.9. The molecule has 1 unspecified atom stereocenters. The minimum atomic E-state index is -0.170. The Hall–Kier alpha value is -2.36. The Morgan fingerprint density at radius 3 is 3.00 bits per heavy atom. The van der Waals surface area contributed by atoms with Crippen LogP contribution in [0.2, 0.25) is 0 Å². The first kappa shape index (κ1) is 11.7. The van der Waals surface area contributed by atoms with E-state index in [4.69, 9.17) is 5.73 Å². The summed E-state index contributed by atoms with van der Waals surface area (Å²) in [6.07, 6.45) is 2.57. The summed E-state index contributed by atoms with van der Waals surface area (Å²) in [7, 11) is 0. The van der Waals surface area contributed by atoms with Crippen LogP contribution in [0.15, 0.2) is 42.6 Å². The molecule has 0 aliphatic heterocycles. The highest BCUT2D eigenvalue weighted by atomic mass is 16.1. The van der Waals surface area contributed by atoms with E-state index in [9.17, 15) is 4.79 Å². The van der Waals surface area contributed by atoms with Crippen molar-refractivity contribution in [2.75, 3.05) is 12.3 Å². The van der Waals surface area contributed by atoms with Gasteiger partial charge in [0.25, 0.3) is 5.91 Å². The second-order valence-corrected chi connectivity index (χ2v) is 4.78. The van der Waals surface area contributed by atoms with Gasteiger partial charge < -0.3 is 11.1 Å². The third kappa shape index (κ3) is 2.29. The van der Waals surface area contributed by atoms with Gasteiger partial charge in [0.2, 0.25) is 0 Å². The molecule has 1 heterocycles. The summed E-state index contributed by atoms with van der Waals surface area (Å²) in [5, 5.41) is 2.91. The summed E-state index contributed by atoms with van der Waals surface area (Å²) in [6, 6.07) is 11.6. The number of aromatic nitrogens is 1. The number of rotatable bonds is 3. The number of anilines is 1. The number of nitrogens with two attached hydrogens (primary N) is 1. The Morgan fingerprint density at radius 1 is 1.37 bits per heavy atom. The van der Waals surface area contributed by atoms with E-state index < -0.39 is 0 Å². The molecule has 1 atom stereocenters. The maximum absolute atomic E-state index is 11.9. The fourth-order valence-corrected chi connectivity index (χ4v) is 2.42. The average Bonchev–Trinajstić information content (AvgIpc) is 2.39. The van der Waals surface area contributed by atoms with Crippen molar-refractivity contribution in [3.05, 3.63) is 59.4 Å². The van der Waals surface area contributed by atoms with E-state index in [1.165, 1.54) is 11.1 Å². The van der Waals surface area contributed by atoms with Gasteiger partial charge in [-0.1, -0.05) is 24.3 Å². The van der Waals surface area contributed by atoms with E-state index in [0.717, 1.165) is 6.42 Å². The number of carbonyl (C=O) groups excluding carboxylic acids is 1. The molecule has 0 spiro atoms. The summed E-state index contributed by atoms with van der Waals surface area (Å²) in [5.41, 5.74) is 9.27. The summed E-state index contributed by atoms with van der Waals surface area (Å²) in [6.45, 7) is 0.645. The number of nitrogens with zero attached hydrogens (tertiary/aromatic N) is 1. The number of hydrogen-bond donors (Lipinski definition) is 2. The molecule has 4 nitrogen and oxygen atoms in total. The summed E-state index contributed by atoms with van der Waals surface area (Å²) < 4.78 is 0. The monoisotopic (exact) mass is 253 g/mol. The van der Waals surface area contributed by atoms with Gasteiger partial charge in [0.15, 0.2) is 0 Å². The first-order valence-electron chi connectivity index (χ1n) is 6.31. The summed E-state index contributed by atoms with van der Waals surface area (Å²) in [5.74, 6) is 0.248. The lowest BCUT2D eigenvalue weighted by molar-refractivity contribution is 0.0945. The van der Waals surface area contributed by atoms with Crippen LogP contribution in [0.4, 0.5) is 5.69 Å². The molecule has 1 aliphatic rings. The van der Waals surface area contributed by atoms with Crippen molar-refractivity contribution >= 4 is 11.6 Å². The number of nitrogens with one attached hydrogen (secondary N) is 1. The zero-order chi connectivity index (χ0) is 13.2. The highest BCUT2D eigenvalue weighted by Crippen LogP contribution is 2.33. The quantitative estimate of drug-likeness (QED) is 0.875. The molecule has 3 rings (SSSR count). The van der Waals surface area contributed by atoms with Crippen molar-refractivity contribution in [1.29, 1.82) is 0 Å². The second kappa shape index (κ2) is 4.72. The van der Waals surface area contributed by atoms with Gasteiger partial charge in [-0.2, -0.15) is 0 Å². The molecule has 19 heavy (non-hydrogen) atoms. The minimum Gasteiger partial charge on any atom is -0.399 e. The van der Waals surface area contributed by atoms with Crippen LogP contribution in [-0.4, -0.2) is 17.4 Å². The van der Waals surface area contributed by atoms with Gasteiger partial charge in [-0.25, -0.2) is 0 Å². The number of carbonyl (C=O) groups is 1. The predicted molar refractivity (Wildman–Crippen MR) is 73.9 cm³/mol. The number of nitrogen functional groups attached to an aromatic ring is 1. The third-order valence-corrected chi connectivity index (χ3v) is 3.49. The number of benzene rings is 1. The van der Waals surface area contributed by atoms with Gasteiger partial charge in [-0.05, 0) is 29.7 Å². The first-order valence-corrected chi connectivity index (χ1v) is 6.31. The molecular formula is C15H15N3O. The normalized spacial score (nSPS) is 16.3. The molecule has 1 amide bonds. The van der Waals surface area contributed by atoms with E-state index in [1.807, 2.05) is 12.1 Å². The van der Waals surface area contributed by atoms with Crippen molar-refractivity contribution < 1.29 is 4.79 Å². The number of hydrogen-bond acceptors (Lipinski definition) is 3. The lowest BCUT2D eigenvalue weighted by atomic mass is 9.77. The van der Waals surface area contributed by atoms with Crippen LogP contribution < -0.4 is 11.1 Å². The van der Waals surface area contributed by atoms with E-state index in [0.29, 0.717) is 23.8 Å². The number of fused-ring (bicyclic) bond motifs is 1. The summed E-state index contributed by atoms with van der Waals surface area (Å²) >= 11 is 0. The maximum atomic E-state index is 11.9. The van der Waals surface area contributed by atoms with E-state index in [-0.39, 0.29) is 5.91 Å². The van der Waals surface area contributed by atoms with Crippen molar-refractivity contribution in [2.45, 2.75) is 12.3 Å². The lowest BCUT2D eigenvalue weighted by Crippen LogP contribution is -2.33. The van der Waals surface area contributed by atoms with E-state index in [2.05, 4.69) is 22.4 Å². The van der Waals surface area contributed by atoms with Crippen molar-refractivity contribution in [1.82, 2.24) is 10.3 Å². The molecule has 0 saturated heterocycles. The molecule has 0 bridgehead atoms. The molecule has 96 valence electrons. The van der Waals surface area contributed by atoms with Gasteiger partial charge in [-0.3, -0.25) is 9.78 Å². The third-order valence-electron chi connectivity index (χ3n) is 3.49. The van der Waals surface area contributed by atoms with Gasteiger partial charge in [0.05, 0.1) is 0 Å². The Bertz CT molecular complexity index is 624. The van der Waals surface area contributed by atoms with Crippen LogP contribution in [0.1, 0.15) is 27.5 Å². The Kier molecular flexibility index (Phi) is 2.91. The molecular weight excluding hydrogens is 238 g/mol. The first-order chi connectivity index (χ1) is 9.24. The second-order valence-electron chi connectivity index (χ2n) is 4.78. The van der Waals surface area contributed by atoms with Gasteiger partial charge in [0.1, 0.15) is 5.69 Å². The van der Waals surface area contributed by atoms with Crippen molar-refractivity contribution in [3.63, 3.8) is 0 Å². The standard InChI is InChI=1S/C15H15N3O/c16-12-5-6-17-14(8-12)15(19)18-9-11-7-10-3-1-2-4-13(10)11/h1-6,8,11H,7,9H2,(H2,16,17)(H,18,19). The smallest absolute Gasteiger partial charge is 0.269 e. The Balaban J connectivity index is 1.61. The van der Waals surface area contributed by atoms with Crippen molar-refractivity contribution in [3.8, 4) is 0 Å². The molecule has 1 aromatic carbocycles. The molecule has 3 N–H and O–H groups in total.